The second kappa shape index (κ2) is 16.0. The van der Waals surface area contributed by atoms with Crippen molar-refractivity contribution < 1.29 is 27.1 Å². The van der Waals surface area contributed by atoms with Crippen LogP contribution in [-0.4, -0.2) is 32.9 Å². The molecule has 46 heavy (non-hydrogen) atoms. The van der Waals surface area contributed by atoms with Crippen molar-refractivity contribution in [2.45, 2.75) is 32.5 Å². The summed E-state index contributed by atoms with van der Waals surface area (Å²) >= 11 is 9.23. The molecule has 5 nitrogen and oxygen atoms in total. The molecular formula is C37H29BrCuIN2O3Si. The first-order valence-electron chi connectivity index (χ1n) is 14.4. The third kappa shape index (κ3) is 8.33. The number of ketones is 2. The molecule has 0 amide bonds. The number of carbonyl (C=O) groups excluding carboxylic acids is 2. The van der Waals surface area contributed by atoms with E-state index in [0.717, 1.165) is 45.5 Å². The Balaban J connectivity index is 0.000000176. The van der Waals surface area contributed by atoms with Gasteiger partial charge in [-0.3, -0.25) is 9.59 Å². The van der Waals surface area contributed by atoms with Gasteiger partial charge in [0.15, 0.2) is 22.9 Å². The van der Waals surface area contributed by atoms with E-state index in [-0.39, 0.29) is 11.6 Å². The molecule has 0 spiro atoms. The maximum atomic E-state index is 12.6. The molecule has 0 saturated carbocycles. The minimum absolute atomic E-state index is 0.00167. The summed E-state index contributed by atoms with van der Waals surface area (Å²) in [7, 11) is -1.44. The number of fused-ring (bicyclic) bond motifs is 6. The number of carbonyl (C=O) groups is 2. The zero-order chi connectivity index (χ0) is 33.4. The van der Waals surface area contributed by atoms with E-state index >= 15 is 0 Å². The summed E-state index contributed by atoms with van der Waals surface area (Å²) in [4.78, 5) is 31.5. The molecule has 0 radical (unpaired) electrons. The molecule has 4 aromatic carbocycles. The first-order valence-corrected chi connectivity index (χ1v) is 21.7. The van der Waals surface area contributed by atoms with Crippen LogP contribution in [0.2, 0.25) is 19.6 Å². The van der Waals surface area contributed by atoms with Crippen LogP contribution in [0.1, 0.15) is 50.2 Å². The quantitative estimate of drug-likeness (QED) is 0.0662. The predicted molar refractivity (Wildman–Crippen MR) is 195 cm³/mol. The van der Waals surface area contributed by atoms with Crippen molar-refractivity contribution in [3.63, 3.8) is 0 Å². The molecule has 1 fully saturated rings. The number of hydrogen-bond donors (Lipinski definition) is 0. The van der Waals surface area contributed by atoms with E-state index in [4.69, 9.17) is 17.9 Å². The molecule has 0 N–H and O–H groups in total. The summed E-state index contributed by atoms with van der Waals surface area (Å²) in [5.74, 6) is 3.19. The Morgan fingerprint density at radius 2 is 1.13 bits per heavy atom. The summed E-state index contributed by atoms with van der Waals surface area (Å²) in [6, 6.07) is 22.0. The van der Waals surface area contributed by atoms with E-state index in [0.29, 0.717) is 33.6 Å². The minimum atomic E-state index is -1.44. The molecule has 234 valence electrons. The van der Waals surface area contributed by atoms with Crippen LogP contribution in [0, 0.1) is 24.6 Å². The van der Waals surface area contributed by atoms with Crippen molar-refractivity contribution in [2.24, 2.45) is 0 Å². The van der Waals surface area contributed by atoms with Crippen molar-refractivity contribution >= 4 is 67.3 Å². The molecule has 0 unspecified atom stereocenters. The molecule has 0 atom stereocenters. The second-order valence-corrected chi connectivity index (χ2v) is 17.3. The number of halogens is 2. The number of hydrogen-bond acceptors (Lipinski definition) is 3. The van der Waals surface area contributed by atoms with E-state index in [1.807, 2.05) is 48.5 Å². The van der Waals surface area contributed by atoms with Crippen LogP contribution in [-0.2, 0) is 17.5 Å². The van der Waals surface area contributed by atoms with Crippen LogP contribution >= 0.6 is 36.3 Å². The molecule has 0 aromatic heterocycles. The molecule has 9 heteroatoms. The first kappa shape index (κ1) is 35.5. The Morgan fingerprint density at radius 3 is 1.57 bits per heavy atom. The van der Waals surface area contributed by atoms with Gasteiger partial charge in [0.05, 0.1) is 13.1 Å². The fourth-order valence-electron chi connectivity index (χ4n) is 5.09. The first-order chi connectivity index (χ1) is 22.1. The predicted octanol–water partition coefficient (Wildman–Crippen LogP) is 10.6. The van der Waals surface area contributed by atoms with Crippen molar-refractivity contribution in [3.8, 4) is 33.7 Å². The topological polar surface area (TPSA) is 52.1 Å². The molecule has 1 saturated heterocycles. The summed E-state index contributed by atoms with van der Waals surface area (Å²) < 4.78 is 5.84. The van der Waals surface area contributed by atoms with Crippen LogP contribution in [0.3, 0.4) is 0 Å². The summed E-state index contributed by atoms with van der Waals surface area (Å²) in [6.07, 6.45) is 2.56. The molecule has 2 aliphatic carbocycles. The van der Waals surface area contributed by atoms with Crippen LogP contribution in [0.25, 0.3) is 31.9 Å². The average molecular weight is 848 g/mol. The van der Waals surface area contributed by atoms with Gasteiger partial charge in [0.1, 0.15) is 8.07 Å². The van der Waals surface area contributed by atoms with Gasteiger partial charge in [0.25, 0.3) is 0 Å². The Labute approximate surface area is 299 Å². The molecule has 7 rings (SSSR count). The number of rotatable bonds is 0. The maximum absolute atomic E-state index is 12.6. The summed E-state index contributed by atoms with van der Waals surface area (Å²) in [6.45, 7) is 22.6. The second-order valence-electron chi connectivity index (χ2n) is 11.6. The monoisotopic (exact) mass is 846 g/mol. The van der Waals surface area contributed by atoms with E-state index in [2.05, 4.69) is 69.5 Å². The SMILES string of the molecule is C1CCOC1.[C-]#[N+]c1ccc2c(c1)C(=O)c1cc(Br)ccc1-2.[C-]#[N+]c1ccc2c(c1)C(=O)c1cc(C#C[Si](C)(C)C)ccc1-2.[Cu][I]. The van der Waals surface area contributed by atoms with Gasteiger partial charge >= 0.3 is 33.1 Å². The van der Waals surface area contributed by atoms with E-state index in [1.54, 1.807) is 44.6 Å². The zero-order valence-electron chi connectivity index (χ0n) is 25.4. The average Bonchev–Trinajstić information content (AvgIpc) is 3.81. The fourth-order valence-corrected chi connectivity index (χ4v) is 5.97. The van der Waals surface area contributed by atoms with Crippen molar-refractivity contribution in [3.05, 3.63) is 128 Å². The summed E-state index contributed by atoms with van der Waals surface area (Å²) in [5.41, 5.74) is 11.6. The van der Waals surface area contributed by atoms with Crippen molar-refractivity contribution in [2.75, 3.05) is 13.2 Å². The Kier molecular flexibility index (Phi) is 12.3. The standard InChI is InChI=1S/C19H15NOSi.C14H6BrNO.C4H8O.Cu.HI/c1-20-14-6-8-16-15-7-5-13(9-10-22(2,3)4)11-17(15)19(21)18(16)12-14;1-16-9-3-5-11-10-4-2-8(15)6-12(10)14(17)13(11)7-9;1-2-4-5-3-1;;/h5-8,11-12H,2-4H3;2-7H;1-4H2;;1H/q;;;+1;/p-1. The van der Waals surface area contributed by atoms with Crippen LogP contribution in [0.5, 0.6) is 0 Å². The molecule has 1 aliphatic heterocycles. The van der Waals surface area contributed by atoms with E-state index < -0.39 is 8.07 Å². The zero-order valence-corrected chi connectivity index (χ0v) is 31.1. The number of ether oxygens (including phenoxy) is 1. The van der Waals surface area contributed by atoms with Gasteiger partial charge in [0.2, 0.25) is 0 Å². The number of benzene rings is 4. The Morgan fingerprint density at radius 1 is 0.696 bits per heavy atom. The van der Waals surface area contributed by atoms with E-state index in [1.165, 1.54) is 12.8 Å². The van der Waals surface area contributed by atoms with Crippen molar-refractivity contribution in [1.29, 1.82) is 0 Å². The molecule has 4 aromatic rings. The summed E-state index contributed by atoms with van der Waals surface area (Å²) in [5, 5.41) is 0. The number of nitrogens with zero attached hydrogens (tertiary/aromatic N) is 2. The van der Waals surface area contributed by atoms with Crippen LogP contribution in [0.4, 0.5) is 11.4 Å². The van der Waals surface area contributed by atoms with Crippen molar-refractivity contribution in [1.82, 2.24) is 0 Å². The van der Waals surface area contributed by atoms with Gasteiger partial charge in [0, 0.05) is 45.5 Å². The van der Waals surface area contributed by atoms with Crippen LogP contribution < -0.4 is 0 Å². The fraction of sp³-hybridized carbons (Fsp3) is 0.189. The van der Waals surface area contributed by atoms with Gasteiger partial charge in [-0.15, -0.1) is 5.54 Å². The van der Waals surface area contributed by atoms with E-state index in [9.17, 15) is 9.59 Å². The third-order valence-corrected chi connectivity index (χ3v) is 8.60. The molecular weight excluding hydrogens is 819 g/mol. The Bertz CT molecular complexity index is 1970. The normalized spacial score (nSPS) is 12.9. The molecule has 3 aliphatic rings. The van der Waals surface area contributed by atoms with Gasteiger partial charge in [-0.2, -0.15) is 0 Å². The van der Waals surface area contributed by atoms with Crippen LogP contribution in [0.15, 0.2) is 77.3 Å². The third-order valence-electron chi connectivity index (χ3n) is 7.23. The van der Waals surface area contributed by atoms with Gasteiger partial charge < -0.3 is 4.74 Å². The Hall–Kier alpha value is -3.33. The van der Waals surface area contributed by atoms with Gasteiger partial charge in [-0.1, -0.05) is 77.9 Å². The van der Waals surface area contributed by atoms with Gasteiger partial charge in [-0.25, -0.2) is 9.69 Å². The molecule has 0 bridgehead atoms. The van der Waals surface area contributed by atoms with Gasteiger partial charge in [-0.05, 0) is 71.5 Å². The molecule has 1 heterocycles.